The van der Waals surface area contributed by atoms with Crippen molar-refractivity contribution in [1.29, 1.82) is 0 Å². The van der Waals surface area contributed by atoms with Crippen molar-refractivity contribution in [3.8, 4) is 0 Å². The summed E-state index contributed by atoms with van der Waals surface area (Å²) in [6, 6.07) is 11.7. The van der Waals surface area contributed by atoms with Crippen LogP contribution >= 0.6 is 0 Å². The molecule has 0 bridgehead atoms. The highest BCUT2D eigenvalue weighted by Gasteiger charge is 2.10. The molecule has 124 valence electrons. The van der Waals surface area contributed by atoms with E-state index in [1.807, 2.05) is 30.3 Å². The van der Waals surface area contributed by atoms with Crippen LogP contribution in [0.5, 0.6) is 0 Å². The van der Waals surface area contributed by atoms with E-state index in [1.54, 1.807) is 12.3 Å². The van der Waals surface area contributed by atoms with Crippen LogP contribution in [0.1, 0.15) is 12.0 Å². The molecule has 2 aromatic heterocycles. The standard InChI is InChI=1S/C17H20N6O/c18-8-4-9-20-17-22-13-7-10-19-16(24)14(13)15(23-17)21-11-12-5-2-1-3-6-12/h1-3,5-7,10H,4,8-9,11,18H2,(H,19,24)(H2,20,21,22,23). The summed E-state index contributed by atoms with van der Waals surface area (Å²) in [6.07, 6.45) is 2.41. The minimum atomic E-state index is -0.212. The van der Waals surface area contributed by atoms with Crippen LogP contribution in [0.2, 0.25) is 0 Å². The molecular weight excluding hydrogens is 304 g/mol. The number of pyridine rings is 1. The van der Waals surface area contributed by atoms with Gasteiger partial charge in [-0.05, 0) is 24.6 Å². The van der Waals surface area contributed by atoms with Crippen LogP contribution in [-0.4, -0.2) is 28.0 Å². The zero-order valence-electron chi connectivity index (χ0n) is 13.2. The maximum atomic E-state index is 12.2. The summed E-state index contributed by atoms with van der Waals surface area (Å²) in [7, 11) is 0. The van der Waals surface area contributed by atoms with E-state index >= 15 is 0 Å². The minimum absolute atomic E-state index is 0.212. The number of nitrogens with two attached hydrogens (primary N) is 1. The molecule has 0 atom stereocenters. The van der Waals surface area contributed by atoms with Crippen molar-refractivity contribution in [2.45, 2.75) is 13.0 Å². The molecule has 2 heterocycles. The number of nitrogens with zero attached hydrogens (tertiary/aromatic N) is 2. The van der Waals surface area contributed by atoms with Gasteiger partial charge in [0.05, 0.1) is 5.52 Å². The molecule has 0 aliphatic carbocycles. The lowest BCUT2D eigenvalue weighted by atomic mass is 10.2. The third-order valence-corrected chi connectivity index (χ3v) is 3.59. The van der Waals surface area contributed by atoms with E-state index in [-0.39, 0.29) is 5.56 Å². The summed E-state index contributed by atoms with van der Waals surface area (Å²) in [5, 5.41) is 6.84. The molecule has 0 aliphatic heterocycles. The molecule has 0 fully saturated rings. The number of fused-ring (bicyclic) bond motifs is 1. The fraction of sp³-hybridized carbons (Fsp3) is 0.235. The van der Waals surface area contributed by atoms with Crippen LogP contribution in [0.3, 0.4) is 0 Å². The molecule has 7 heteroatoms. The van der Waals surface area contributed by atoms with Gasteiger partial charge < -0.3 is 21.4 Å². The van der Waals surface area contributed by atoms with E-state index in [9.17, 15) is 4.79 Å². The molecule has 0 amide bonds. The third-order valence-electron chi connectivity index (χ3n) is 3.59. The van der Waals surface area contributed by atoms with Crippen molar-refractivity contribution in [2.75, 3.05) is 23.7 Å². The van der Waals surface area contributed by atoms with Gasteiger partial charge in [0.25, 0.3) is 5.56 Å². The largest absolute Gasteiger partial charge is 0.365 e. The normalized spacial score (nSPS) is 10.7. The van der Waals surface area contributed by atoms with E-state index in [0.717, 1.165) is 12.0 Å². The number of hydrogen-bond donors (Lipinski definition) is 4. The maximum Gasteiger partial charge on any atom is 0.261 e. The summed E-state index contributed by atoms with van der Waals surface area (Å²) >= 11 is 0. The van der Waals surface area contributed by atoms with E-state index in [2.05, 4.69) is 25.6 Å². The van der Waals surface area contributed by atoms with Gasteiger partial charge in [-0.15, -0.1) is 0 Å². The Morgan fingerprint density at radius 1 is 1.08 bits per heavy atom. The van der Waals surface area contributed by atoms with Gasteiger partial charge in [-0.1, -0.05) is 30.3 Å². The lowest BCUT2D eigenvalue weighted by Gasteiger charge is -2.11. The van der Waals surface area contributed by atoms with E-state index in [0.29, 0.717) is 42.3 Å². The van der Waals surface area contributed by atoms with Crippen LogP contribution in [0.25, 0.3) is 10.9 Å². The zero-order valence-corrected chi connectivity index (χ0v) is 13.2. The summed E-state index contributed by atoms with van der Waals surface area (Å²) in [4.78, 5) is 23.7. The summed E-state index contributed by atoms with van der Waals surface area (Å²) in [5.74, 6) is 0.998. The second-order valence-electron chi connectivity index (χ2n) is 5.37. The van der Waals surface area contributed by atoms with Crippen molar-refractivity contribution >= 4 is 22.7 Å². The SMILES string of the molecule is NCCCNc1nc(NCc2ccccc2)c2c(=O)[nH]ccc2n1. The predicted octanol–water partition coefficient (Wildman–Crippen LogP) is 1.69. The molecular formula is C17H20N6O. The molecule has 0 radical (unpaired) electrons. The van der Waals surface area contributed by atoms with Gasteiger partial charge in [0, 0.05) is 19.3 Å². The average Bonchev–Trinajstić information content (AvgIpc) is 2.61. The van der Waals surface area contributed by atoms with Gasteiger partial charge in [0.1, 0.15) is 11.2 Å². The molecule has 0 spiro atoms. The van der Waals surface area contributed by atoms with E-state index < -0.39 is 0 Å². The summed E-state index contributed by atoms with van der Waals surface area (Å²) < 4.78 is 0. The molecule has 0 unspecified atom stereocenters. The molecule has 0 saturated carbocycles. The molecule has 5 N–H and O–H groups in total. The first kappa shape index (κ1) is 15.9. The smallest absolute Gasteiger partial charge is 0.261 e. The number of hydrogen-bond acceptors (Lipinski definition) is 6. The van der Waals surface area contributed by atoms with Gasteiger partial charge in [0.15, 0.2) is 0 Å². The Balaban J connectivity index is 1.92. The number of H-pyrrole nitrogens is 1. The number of aromatic amines is 1. The molecule has 3 aromatic rings. The number of aromatic nitrogens is 3. The molecule has 7 nitrogen and oxygen atoms in total. The fourth-order valence-electron chi connectivity index (χ4n) is 2.38. The van der Waals surface area contributed by atoms with Crippen LogP contribution in [0, 0.1) is 0 Å². The summed E-state index contributed by atoms with van der Waals surface area (Å²) in [6.45, 7) is 1.85. The van der Waals surface area contributed by atoms with Crippen molar-refractivity contribution in [3.05, 3.63) is 58.5 Å². The van der Waals surface area contributed by atoms with Crippen molar-refractivity contribution in [2.24, 2.45) is 5.73 Å². The van der Waals surface area contributed by atoms with Gasteiger partial charge >= 0.3 is 0 Å². The number of benzene rings is 1. The first-order chi connectivity index (χ1) is 11.8. The van der Waals surface area contributed by atoms with Gasteiger partial charge in [-0.25, -0.2) is 4.98 Å². The minimum Gasteiger partial charge on any atom is -0.365 e. The predicted molar refractivity (Wildman–Crippen MR) is 96.1 cm³/mol. The van der Waals surface area contributed by atoms with E-state index in [4.69, 9.17) is 5.73 Å². The number of rotatable bonds is 7. The Morgan fingerprint density at radius 3 is 2.71 bits per heavy atom. The quantitative estimate of drug-likeness (QED) is 0.493. The molecule has 1 aromatic carbocycles. The Kier molecular flexibility index (Phi) is 5.02. The highest BCUT2D eigenvalue weighted by atomic mass is 16.1. The Morgan fingerprint density at radius 2 is 1.92 bits per heavy atom. The van der Waals surface area contributed by atoms with E-state index in [1.165, 1.54) is 0 Å². The van der Waals surface area contributed by atoms with Gasteiger partial charge in [-0.3, -0.25) is 4.79 Å². The first-order valence-electron chi connectivity index (χ1n) is 7.89. The van der Waals surface area contributed by atoms with Crippen LogP contribution in [0.4, 0.5) is 11.8 Å². The molecule has 0 aliphatic rings. The zero-order chi connectivity index (χ0) is 16.8. The molecule has 0 saturated heterocycles. The van der Waals surface area contributed by atoms with Crippen LogP contribution < -0.4 is 21.9 Å². The van der Waals surface area contributed by atoms with Gasteiger partial charge in [-0.2, -0.15) is 4.98 Å². The lowest BCUT2D eigenvalue weighted by Crippen LogP contribution is -2.15. The van der Waals surface area contributed by atoms with Crippen LogP contribution in [0.15, 0.2) is 47.4 Å². The first-order valence-corrected chi connectivity index (χ1v) is 7.89. The molecule has 3 rings (SSSR count). The highest BCUT2D eigenvalue weighted by molar-refractivity contribution is 5.89. The monoisotopic (exact) mass is 324 g/mol. The summed E-state index contributed by atoms with van der Waals surface area (Å²) in [5.41, 5.74) is 7.00. The van der Waals surface area contributed by atoms with Crippen molar-refractivity contribution in [3.63, 3.8) is 0 Å². The lowest BCUT2D eigenvalue weighted by molar-refractivity contribution is 0.865. The Labute approximate surface area is 139 Å². The average molecular weight is 324 g/mol. The highest BCUT2D eigenvalue weighted by Crippen LogP contribution is 2.19. The second-order valence-corrected chi connectivity index (χ2v) is 5.37. The number of nitrogens with one attached hydrogen (secondary N) is 3. The van der Waals surface area contributed by atoms with Crippen molar-refractivity contribution in [1.82, 2.24) is 15.0 Å². The maximum absolute atomic E-state index is 12.2. The van der Waals surface area contributed by atoms with Crippen molar-refractivity contribution < 1.29 is 0 Å². The number of anilines is 2. The fourth-order valence-corrected chi connectivity index (χ4v) is 2.38. The Hall–Kier alpha value is -2.93. The van der Waals surface area contributed by atoms with Gasteiger partial charge in [0.2, 0.25) is 5.95 Å². The second kappa shape index (κ2) is 7.56. The third kappa shape index (κ3) is 3.69. The topological polar surface area (TPSA) is 109 Å². The Bertz CT molecular complexity index is 862. The molecule has 24 heavy (non-hydrogen) atoms. The van der Waals surface area contributed by atoms with Crippen LogP contribution in [-0.2, 0) is 6.54 Å².